The lowest BCUT2D eigenvalue weighted by molar-refractivity contribution is -0.146. The summed E-state index contributed by atoms with van der Waals surface area (Å²) in [5.41, 5.74) is 0. The standard InChI is InChI=1S/C48H95NO4/c1-5-9-13-17-21-27-35-45(36-28-22-18-14-10-6-2)43-52-47(50)39-31-25-33-41-49-42-34-26-32-40-48(51)53-44-46(37-29-23-19-15-11-7-3)38-30-24-20-16-12-8-4/h45-46,49H,5-44H2,1-4H3. The van der Waals surface area contributed by atoms with Crippen molar-refractivity contribution in [3.05, 3.63) is 0 Å². The molecular weight excluding hydrogens is 655 g/mol. The average Bonchev–Trinajstić information content (AvgIpc) is 3.16. The first-order valence-electron chi connectivity index (χ1n) is 24.1. The van der Waals surface area contributed by atoms with Gasteiger partial charge in [-0.05, 0) is 76.3 Å². The lowest BCUT2D eigenvalue weighted by atomic mass is 9.94. The minimum atomic E-state index is -0.00138. The van der Waals surface area contributed by atoms with Gasteiger partial charge in [0.1, 0.15) is 0 Å². The molecular formula is C48H95NO4. The molecule has 0 atom stereocenters. The van der Waals surface area contributed by atoms with E-state index in [9.17, 15) is 9.59 Å². The fourth-order valence-electron chi connectivity index (χ4n) is 7.56. The van der Waals surface area contributed by atoms with Crippen molar-refractivity contribution >= 4 is 11.9 Å². The van der Waals surface area contributed by atoms with Crippen molar-refractivity contribution in [2.24, 2.45) is 11.8 Å². The molecule has 0 aliphatic heterocycles. The first-order valence-corrected chi connectivity index (χ1v) is 24.1. The van der Waals surface area contributed by atoms with Crippen LogP contribution in [-0.2, 0) is 19.1 Å². The Morgan fingerprint density at radius 2 is 0.623 bits per heavy atom. The molecule has 5 nitrogen and oxygen atoms in total. The fourth-order valence-corrected chi connectivity index (χ4v) is 7.56. The smallest absolute Gasteiger partial charge is 0.305 e. The van der Waals surface area contributed by atoms with Gasteiger partial charge in [0.2, 0.25) is 0 Å². The second kappa shape index (κ2) is 43.6. The molecule has 0 saturated carbocycles. The predicted octanol–water partition coefficient (Wildman–Crippen LogP) is 15.0. The van der Waals surface area contributed by atoms with Crippen LogP contribution in [0.3, 0.4) is 0 Å². The van der Waals surface area contributed by atoms with Crippen LogP contribution in [0.15, 0.2) is 0 Å². The first kappa shape index (κ1) is 51.9. The number of carbonyl (C=O) groups is 2. The minimum Gasteiger partial charge on any atom is -0.465 e. The summed E-state index contributed by atoms with van der Waals surface area (Å²) in [4.78, 5) is 25.0. The number of esters is 2. The first-order chi connectivity index (χ1) is 26.1. The van der Waals surface area contributed by atoms with Gasteiger partial charge in [-0.2, -0.15) is 0 Å². The van der Waals surface area contributed by atoms with Crippen LogP contribution in [0.4, 0.5) is 0 Å². The minimum absolute atomic E-state index is 0.00138. The molecule has 0 aliphatic rings. The lowest BCUT2D eigenvalue weighted by Gasteiger charge is -2.17. The zero-order valence-electron chi connectivity index (χ0n) is 36.6. The Bertz CT molecular complexity index is 651. The van der Waals surface area contributed by atoms with Gasteiger partial charge in [0, 0.05) is 12.8 Å². The molecule has 0 saturated heterocycles. The van der Waals surface area contributed by atoms with E-state index in [1.807, 2.05) is 0 Å². The molecule has 0 heterocycles. The molecule has 0 rings (SSSR count). The van der Waals surface area contributed by atoms with E-state index in [0.29, 0.717) is 37.9 Å². The molecule has 5 heteroatoms. The third-order valence-corrected chi connectivity index (χ3v) is 11.3. The van der Waals surface area contributed by atoms with Gasteiger partial charge in [0.25, 0.3) is 0 Å². The quantitative estimate of drug-likeness (QED) is 0.0496. The second-order valence-corrected chi connectivity index (χ2v) is 16.7. The Kier molecular flexibility index (Phi) is 42.7. The molecule has 0 aromatic carbocycles. The highest BCUT2D eigenvalue weighted by molar-refractivity contribution is 5.69. The van der Waals surface area contributed by atoms with Gasteiger partial charge in [0.15, 0.2) is 0 Å². The van der Waals surface area contributed by atoms with Gasteiger partial charge in [-0.25, -0.2) is 0 Å². The third-order valence-electron chi connectivity index (χ3n) is 11.3. The van der Waals surface area contributed by atoms with Crippen molar-refractivity contribution in [3.8, 4) is 0 Å². The van der Waals surface area contributed by atoms with E-state index < -0.39 is 0 Å². The number of nitrogens with one attached hydrogen (secondary N) is 1. The highest BCUT2D eigenvalue weighted by atomic mass is 16.5. The van der Waals surface area contributed by atoms with Crippen LogP contribution in [0.2, 0.25) is 0 Å². The van der Waals surface area contributed by atoms with Crippen LogP contribution in [0.1, 0.15) is 259 Å². The molecule has 53 heavy (non-hydrogen) atoms. The molecule has 0 unspecified atom stereocenters. The molecule has 0 radical (unpaired) electrons. The Morgan fingerprint density at radius 3 is 0.925 bits per heavy atom. The van der Waals surface area contributed by atoms with Crippen molar-refractivity contribution < 1.29 is 19.1 Å². The van der Waals surface area contributed by atoms with E-state index in [1.54, 1.807) is 0 Å². The van der Waals surface area contributed by atoms with Gasteiger partial charge in [-0.1, -0.05) is 195 Å². The number of carbonyl (C=O) groups excluding carboxylic acids is 2. The second-order valence-electron chi connectivity index (χ2n) is 16.7. The number of rotatable bonds is 44. The Balaban J connectivity index is 3.99. The molecule has 0 aromatic heterocycles. The molecule has 316 valence electrons. The zero-order valence-corrected chi connectivity index (χ0v) is 36.6. The van der Waals surface area contributed by atoms with Crippen molar-refractivity contribution in [1.82, 2.24) is 5.32 Å². The Morgan fingerprint density at radius 1 is 0.358 bits per heavy atom. The van der Waals surface area contributed by atoms with E-state index in [0.717, 1.165) is 51.6 Å². The maximum absolute atomic E-state index is 12.5. The highest BCUT2D eigenvalue weighted by Crippen LogP contribution is 2.22. The number of hydrogen-bond donors (Lipinski definition) is 1. The SMILES string of the molecule is CCCCCCCCC(CCCCCCCC)COC(=O)CCCCCNCCCCCC(=O)OCC(CCCCCCCC)CCCCCCCC. The predicted molar refractivity (Wildman–Crippen MR) is 231 cm³/mol. The van der Waals surface area contributed by atoms with Crippen LogP contribution in [0, 0.1) is 11.8 Å². The molecule has 0 fully saturated rings. The van der Waals surface area contributed by atoms with E-state index in [4.69, 9.17) is 9.47 Å². The molecule has 0 bridgehead atoms. The molecule has 0 aliphatic carbocycles. The van der Waals surface area contributed by atoms with E-state index >= 15 is 0 Å². The van der Waals surface area contributed by atoms with Crippen LogP contribution < -0.4 is 5.32 Å². The van der Waals surface area contributed by atoms with E-state index in [2.05, 4.69) is 33.0 Å². The number of unbranched alkanes of at least 4 members (excludes halogenated alkanes) is 24. The van der Waals surface area contributed by atoms with Crippen LogP contribution in [0.25, 0.3) is 0 Å². The number of ether oxygens (including phenoxy) is 2. The monoisotopic (exact) mass is 750 g/mol. The van der Waals surface area contributed by atoms with Gasteiger partial charge in [0.05, 0.1) is 13.2 Å². The average molecular weight is 750 g/mol. The summed E-state index contributed by atoms with van der Waals surface area (Å²) in [5, 5.41) is 3.55. The molecule has 0 amide bonds. The third kappa shape index (κ3) is 40.4. The highest BCUT2D eigenvalue weighted by Gasteiger charge is 2.14. The van der Waals surface area contributed by atoms with Crippen molar-refractivity contribution in [2.45, 2.75) is 259 Å². The van der Waals surface area contributed by atoms with Gasteiger partial charge < -0.3 is 14.8 Å². The summed E-state index contributed by atoms with van der Waals surface area (Å²) in [7, 11) is 0. The largest absolute Gasteiger partial charge is 0.465 e. The molecule has 1 N–H and O–H groups in total. The van der Waals surface area contributed by atoms with Crippen LogP contribution in [0.5, 0.6) is 0 Å². The summed E-state index contributed by atoms with van der Waals surface area (Å²) in [5.74, 6) is 1.08. The maximum atomic E-state index is 12.5. The Hall–Kier alpha value is -1.10. The molecule has 0 spiro atoms. The van der Waals surface area contributed by atoms with Crippen molar-refractivity contribution in [3.63, 3.8) is 0 Å². The van der Waals surface area contributed by atoms with Crippen LogP contribution >= 0.6 is 0 Å². The van der Waals surface area contributed by atoms with Gasteiger partial charge in [-0.15, -0.1) is 0 Å². The van der Waals surface area contributed by atoms with E-state index in [-0.39, 0.29) is 11.9 Å². The van der Waals surface area contributed by atoms with Crippen molar-refractivity contribution in [1.29, 1.82) is 0 Å². The lowest BCUT2D eigenvalue weighted by Crippen LogP contribution is -2.17. The number of hydrogen-bond acceptors (Lipinski definition) is 5. The summed E-state index contributed by atoms with van der Waals surface area (Å²) in [6, 6.07) is 0. The van der Waals surface area contributed by atoms with Gasteiger partial charge in [-0.3, -0.25) is 9.59 Å². The topological polar surface area (TPSA) is 64.6 Å². The maximum Gasteiger partial charge on any atom is 0.305 e. The Labute approximate surface area is 332 Å². The normalized spacial score (nSPS) is 11.6. The zero-order chi connectivity index (χ0) is 38.7. The summed E-state index contributed by atoms with van der Waals surface area (Å²) < 4.78 is 11.6. The summed E-state index contributed by atoms with van der Waals surface area (Å²) in [6.07, 6.45) is 44.0. The molecule has 0 aromatic rings. The summed E-state index contributed by atoms with van der Waals surface area (Å²) >= 11 is 0. The van der Waals surface area contributed by atoms with Gasteiger partial charge >= 0.3 is 11.9 Å². The van der Waals surface area contributed by atoms with Crippen LogP contribution in [-0.4, -0.2) is 38.2 Å². The fraction of sp³-hybridized carbons (Fsp3) is 0.958. The summed E-state index contributed by atoms with van der Waals surface area (Å²) in [6.45, 7) is 12.3. The van der Waals surface area contributed by atoms with Crippen molar-refractivity contribution in [2.75, 3.05) is 26.3 Å². The van der Waals surface area contributed by atoms with E-state index in [1.165, 1.54) is 180 Å².